The van der Waals surface area contributed by atoms with Gasteiger partial charge in [0.15, 0.2) is 0 Å². The van der Waals surface area contributed by atoms with Crippen LogP contribution in [-0.2, 0) is 9.59 Å². The van der Waals surface area contributed by atoms with Gasteiger partial charge in [0, 0.05) is 25.0 Å². The van der Waals surface area contributed by atoms with Crippen molar-refractivity contribution in [1.29, 1.82) is 0 Å². The minimum absolute atomic E-state index is 0.0670. The van der Waals surface area contributed by atoms with Crippen LogP contribution in [0.1, 0.15) is 40.0 Å². The number of nitrogens with zero attached hydrogens (tertiary/aromatic N) is 1. The standard InChI is InChI=1S/C15H29N3O2/c1-12(2)16-14(19)9-7-6-8-13(3)17-15(20)10-11-18(4)5/h7,9,12-13H,6,8,10-11H2,1-5H3,(H,16,19)(H,17,20)/b9-7+. The van der Waals surface area contributed by atoms with Crippen LogP contribution in [-0.4, -0.2) is 49.4 Å². The lowest BCUT2D eigenvalue weighted by Gasteiger charge is -2.14. The van der Waals surface area contributed by atoms with E-state index in [0.29, 0.717) is 6.42 Å². The van der Waals surface area contributed by atoms with E-state index in [1.165, 1.54) is 0 Å². The van der Waals surface area contributed by atoms with Crippen LogP contribution in [0.2, 0.25) is 0 Å². The molecule has 0 aromatic rings. The summed E-state index contributed by atoms with van der Waals surface area (Å²) in [6, 6.07) is 0.282. The molecule has 0 aliphatic heterocycles. The molecule has 0 bridgehead atoms. The van der Waals surface area contributed by atoms with Crippen LogP contribution in [0.3, 0.4) is 0 Å². The van der Waals surface area contributed by atoms with Gasteiger partial charge in [0.1, 0.15) is 0 Å². The van der Waals surface area contributed by atoms with Crippen LogP contribution in [0.5, 0.6) is 0 Å². The fourth-order valence-electron chi connectivity index (χ4n) is 1.61. The Labute approximate surface area is 122 Å². The zero-order valence-corrected chi connectivity index (χ0v) is 13.4. The second-order valence-corrected chi connectivity index (χ2v) is 5.66. The molecule has 5 heteroatoms. The maximum absolute atomic E-state index is 11.6. The molecular weight excluding hydrogens is 254 g/mol. The third-order valence-electron chi connectivity index (χ3n) is 2.66. The first kappa shape index (κ1) is 18.6. The Morgan fingerprint density at radius 2 is 1.80 bits per heavy atom. The molecule has 2 N–H and O–H groups in total. The number of hydrogen-bond donors (Lipinski definition) is 2. The largest absolute Gasteiger partial charge is 0.354 e. The van der Waals surface area contributed by atoms with E-state index in [1.54, 1.807) is 6.08 Å². The second kappa shape index (κ2) is 10.4. The van der Waals surface area contributed by atoms with Crippen molar-refractivity contribution in [2.45, 2.75) is 52.1 Å². The van der Waals surface area contributed by atoms with Crippen molar-refractivity contribution in [3.63, 3.8) is 0 Å². The molecule has 0 heterocycles. The highest BCUT2D eigenvalue weighted by molar-refractivity contribution is 5.87. The fraction of sp³-hybridized carbons (Fsp3) is 0.733. The monoisotopic (exact) mass is 283 g/mol. The van der Waals surface area contributed by atoms with Crippen LogP contribution in [0.4, 0.5) is 0 Å². The topological polar surface area (TPSA) is 61.4 Å². The number of nitrogens with one attached hydrogen (secondary N) is 2. The summed E-state index contributed by atoms with van der Waals surface area (Å²) in [7, 11) is 3.90. The van der Waals surface area contributed by atoms with Crippen molar-refractivity contribution in [2.24, 2.45) is 0 Å². The smallest absolute Gasteiger partial charge is 0.243 e. The first-order valence-corrected chi connectivity index (χ1v) is 7.22. The summed E-state index contributed by atoms with van der Waals surface area (Å²) in [5.41, 5.74) is 0. The maximum atomic E-state index is 11.6. The second-order valence-electron chi connectivity index (χ2n) is 5.66. The van der Waals surface area contributed by atoms with Crippen molar-refractivity contribution in [2.75, 3.05) is 20.6 Å². The van der Waals surface area contributed by atoms with Gasteiger partial charge in [0.05, 0.1) is 0 Å². The number of rotatable bonds is 9. The van der Waals surface area contributed by atoms with Gasteiger partial charge in [-0.15, -0.1) is 0 Å². The van der Waals surface area contributed by atoms with Gasteiger partial charge in [-0.1, -0.05) is 6.08 Å². The first-order chi connectivity index (χ1) is 9.31. The number of carbonyl (C=O) groups is 2. The lowest BCUT2D eigenvalue weighted by molar-refractivity contribution is -0.122. The Kier molecular flexibility index (Phi) is 9.72. The van der Waals surface area contributed by atoms with Crippen molar-refractivity contribution in [3.8, 4) is 0 Å². The number of allylic oxidation sites excluding steroid dienone is 1. The Balaban J connectivity index is 3.77. The lowest BCUT2D eigenvalue weighted by Crippen LogP contribution is -2.34. The molecular formula is C15H29N3O2. The molecule has 0 saturated carbocycles. The molecule has 0 aliphatic carbocycles. The minimum atomic E-state index is -0.0670. The third kappa shape index (κ3) is 11.7. The van der Waals surface area contributed by atoms with Crippen LogP contribution >= 0.6 is 0 Å². The minimum Gasteiger partial charge on any atom is -0.354 e. The molecule has 0 aromatic carbocycles. The zero-order chi connectivity index (χ0) is 15.5. The summed E-state index contributed by atoms with van der Waals surface area (Å²) in [5.74, 6) is 0.00963. The highest BCUT2D eigenvalue weighted by atomic mass is 16.2. The molecule has 1 atom stereocenters. The number of hydrogen-bond acceptors (Lipinski definition) is 3. The average Bonchev–Trinajstić information content (AvgIpc) is 2.31. The molecule has 0 spiro atoms. The number of carbonyl (C=O) groups excluding carboxylic acids is 2. The highest BCUT2D eigenvalue weighted by Gasteiger charge is 2.06. The SMILES string of the molecule is CC(C)NC(=O)/C=C/CCC(C)NC(=O)CCN(C)C. The third-order valence-corrected chi connectivity index (χ3v) is 2.66. The van der Waals surface area contributed by atoms with Crippen molar-refractivity contribution < 1.29 is 9.59 Å². The average molecular weight is 283 g/mol. The molecule has 2 amide bonds. The first-order valence-electron chi connectivity index (χ1n) is 7.22. The van der Waals surface area contributed by atoms with Gasteiger partial charge in [-0.2, -0.15) is 0 Å². The van der Waals surface area contributed by atoms with E-state index >= 15 is 0 Å². The highest BCUT2D eigenvalue weighted by Crippen LogP contribution is 1.98. The molecule has 0 radical (unpaired) electrons. The predicted molar refractivity (Wildman–Crippen MR) is 82.4 cm³/mol. The molecule has 5 nitrogen and oxygen atoms in total. The Hall–Kier alpha value is -1.36. The summed E-state index contributed by atoms with van der Waals surface area (Å²) in [6.07, 6.45) is 5.53. The van der Waals surface area contributed by atoms with Gasteiger partial charge >= 0.3 is 0 Å². The van der Waals surface area contributed by atoms with E-state index in [-0.39, 0.29) is 23.9 Å². The normalized spacial score (nSPS) is 12.9. The van der Waals surface area contributed by atoms with Gasteiger partial charge in [-0.05, 0) is 53.8 Å². The predicted octanol–water partition coefficient (Wildman–Crippen LogP) is 1.30. The van der Waals surface area contributed by atoms with Gasteiger partial charge in [0.2, 0.25) is 11.8 Å². The summed E-state index contributed by atoms with van der Waals surface area (Å²) in [6.45, 7) is 6.59. The molecule has 0 aromatic heterocycles. The van der Waals surface area contributed by atoms with E-state index in [1.807, 2.05) is 45.8 Å². The molecule has 0 rings (SSSR count). The van der Waals surface area contributed by atoms with Gasteiger partial charge < -0.3 is 15.5 Å². The molecule has 1 unspecified atom stereocenters. The van der Waals surface area contributed by atoms with Crippen molar-refractivity contribution in [3.05, 3.63) is 12.2 Å². The molecule has 0 fully saturated rings. The van der Waals surface area contributed by atoms with E-state index in [9.17, 15) is 9.59 Å². The summed E-state index contributed by atoms with van der Waals surface area (Å²) < 4.78 is 0. The van der Waals surface area contributed by atoms with Crippen LogP contribution < -0.4 is 10.6 Å². The Morgan fingerprint density at radius 1 is 1.15 bits per heavy atom. The quantitative estimate of drug-likeness (QED) is 0.627. The molecule has 0 saturated heterocycles. The Morgan fingerprint density at radius 3 is 2.35 bits per heavy atom. The molecule has 20 heavy (non-hydrogen) atoms. The summed E-state index contributed by atoms with van der Waals surface area (Å²) in [4.78, 5) is 24.9. The van der Waals surface area contributed by atoms with Crippen LogP contribution in [0.15, 0.2) is 12.2 Å². The fourth-order valence-corrected chi connectivity index (χ4v) is 1.61. The summed E-state index contributed by atoms with van der Waals surface area (Å²) >= 11 is 0. The van der Waals surface area contributed by atoms with E-state index in [2.05, 4.69) is 10.6 Å². The van der Waals surface area contributed by atoms with Crippen molar-refractivity contribution in [1.82, 2.24) is 15.5 Å². The van der Waals surface area contributed by atoms with Gasteiger partial charge in [-0.3, -0.25) is 9.59 Å². The van der Waals surface area contributed by atoms with Gasteiger partial charge in [0.25, 0.3) is 0 Å². The van der Waals surface area contributed by atoms with Crippen LogP contribution in [0, 0.1) is 0 Å². The number of amides is 2. The zero-order valence-electron chi connectivity index (χ0n) is 13.4. The van der Waals surface area contributed by atoms with Crippen molar-refractivity contribution >= 4 is 11.8 Å². The van der Waals surface area contributed by atoms with E-state index in [4.69, 9.17) is 0 Å². The van der Waals surface area contributed by atoms with E-state index < -0.39 is 0 Å². The van der Waals surface area contributed by atoms with Gasteiger partial charge in [-0.25, -0.2) is 0 Å². The van der Waals surface area contributed by atoms with E-state index in [0.717, 1.165) is 19.4 Å². The Bertz CT molecular complexity index is 325. The molecule has 0 aliphatic rings. The molecule has 116 valence electrons. The lowest BCUT2D eigenvalue weighted by atomic mass is 10.1. The maximum Gasteiger partial charge on any atom is 0.243 e. The van der Waals surface area contributed by atoms with Crippen LogP contribution in [0.25, 0.3) is 0 Å². The summed E-state index contributed by atoms with van der Waals surface area (Å²) in [5, 5.41) is 5.75.